The van der Waals surface area contributed by atoms with Crippen LogP contribution in [0, 0.1) is 5.92 Å². The van der Waals surface area contributed by atoms with Crippen molar-refractivity contribution in [2.24, 2.45) is 5.92 Å². The number of carboxylic acid groups (broad SMARTS) is 1. The van der Waals surface area contributed by atoms with E-state index in [9.17, 15) is 9.59 Å². The molecule has 1 aliphatic rings. The van der Waals surface area contributed by atoms with Gasteiger partial charge in [-0.15, -0.1) is 0 Å². The average Bonchev–Trinajstić information content (AvgIpc) is 2.87. The number of aryl methyl sites for hydroxylation is 1. The summed E-state index contributed by atoms with van der Waals surface area (Å²) < 4.78 is 0. The highest BCUT2D eigenvalue weighted by Gasteiger charge is 2.31. The van der Waals surface area contributed by atoms with Crippen molar-refractivity contribution in [1.29, 1.82) is 0 Å². The first kappa shape index (κ1) is 14.8. The summed E-state index contributed by atoms with van der Waals surface area (Å²) in [6, 6.07) is 3.28. The number of nitrogens with zero attached hydrogens (tertiary/aromatic N) is 2. The summed E-state index contributed by atoms with van der Waals surface area (Å²) in [5.41, 5.74) is 1.27. The lowest BCUT2D eigenvalue weighted by Crippen LogP contribution is -2.30. The van der Waals surface area contributed by atoms with E-state index >= 15 is 0 Å². The standard InChI is InChI=1S/C14H17ClN2O3/c1-2-3-11-6-10(7-12(15)16-11)13(18)17-5-4-9(8-17)14(19)20/h6-7,9H,2-5,8H2,1H3,(H,19,20). The summed E-state index contributed by atoms with van der Waals surface area (Å²) in [6.07, 6.45) is 2.19. The molecule has 5 nitrogen and oxygen atoms in total. The molecule has 6 heteroatoms. The fraction of sp³-hybridized carbons (Fsp3) is 0.500. The van der Waals surface area contributed by atoms with Crippen molar-refractivity contribution in [2.45, 2.75) is 26.2 Å². The first-order valence-electron chi connectivity index (χ1n) is 6.69. The topological polar surface area (TPSA) is 70.5 Å². The summed E-state index contributed by atoms with van der Waals surface area (Å²) in [6.45, 7) is 2.76. The minimum absolute atomic E-state index is 0.171. The molecule has 1 aromatic rings. The van der Waals surface area contributed by atoms with Crippen LogP contribution in [0.15, 0.2) is 12.1 Å². The Morgan fingerprint density at radius 2 is 2.25 bits per heavy atom. The van der Waals surface area contributed by atoms with Gasteiger partial charge in [0.15, 0.2) is 0 Å². The first-order chi connectivity index (χ1) is 9.51. The highest BCUT2D eigenvalue weighted by molar-refractivity contribution is 6.29. The number of aromatic nitrogens is 1. The number of aliphatic carboxylic acids is 1. The minimum Gasteiger partial charge on any atom is -0.481 e. The zero-order chi connectivity index (χ0) is 14.7. The molecule has 20 heavy (non-hydrogen) atoms. The summed E-state index contributed by atoms with van der Waals surface area (Å²) in [7, 11) is 0. The number of hydrogen-bond acceptors (Lipinski definition) is 3. The van der Waals surface area contributed by atoms with E-state index in [1.54, 1.807) is 11.0 Å². The highest BCUT2D eigenvalue weighted by Crippen LogP contribution is 2.20. The number of hydrogen-bond donors (Lipinski definition) is 1. The molecule has 1 fully saturated rings. The molecule has 1 amide bonds. The first-order valence-corrected chi connectivity index (χ1v) is 7.07. The second kappa shape index (κ2) is 6.22. The van der Waals surface area contributed by atoms with Gasteiger partial charge in [-0.1, -0.05) is 24.9 Å². The minimum atomic E-state index is -0.847. The summed E-state index contributed by atoms with van der Waals surface area (Å²) in [5.74, 6) is -1.48. The van der Waals surface area contributed by atoms with E-state index in [2.05, 4.69) is 4.98 Å². The van der Waals surface area contributed by atoms with Gasteiger partial charge >= 0.3 is 5.97 Å². The molecule has 0 bridgehead atoms. The van der Waals surface area contributed by atoms with Crippen LogP contribution >= 0.6 is 11.6 Å². The van der Waals surface area contributed by atoms with Crippen molar-refractivity contribution in [3.05, 3.63) is 28.5 Å². The maximum Gasteiger partial charge on any atom is 0.308 e. The van der Waals surface area contributed by atoms with E-state index in [1.807, 2.05) is 6.92 Å². The van der Waals surface area contributed by atoms with Crippen molar-refractivity contribution in [1.82, 2.24) is 9.88 Å². The number of carbonyl (C=O) groups excluding carboxylic acids is 1. The van der Waals surface area contributed by atoms with E-state index in [0.29, 0.717) is 23.7 Å². The van der Waals surface area contributed by atoms with Crippen LogP contribution in [0.4, 0.5) is 0 Å². The van der Waals surface area contributed by atoms with Gasteiger partial charge in [0.25, 0.3) is 5.91 Å². The normalized spacial score (nSPS) is 18.3. The molecule has 0 aromatic carbocycles. The van der Waals surface area contributed by atoms with Crippen LogP contribution in [0.3, 0.4) is 0 Å². The number of carboxylic acids is 1. The van der Waals surface area contributed by atoms with Gasteiger partial charge in [-0.05, 0) is 25.0 Å². The predicted octanol–water partition coefficient (Wildman–Crippen LogP) is 2.23. The fourth-order valence-electron chi connectivity index (χ4n) is 2.39. The zero-order valence-electron chi connectivity index (χ0n) is 11.3. The largest absolute Gasteiger partial charge is 0.481 e. The van der Waals surface area contributed by atoms with Gasteiger partial charge in [-0.2, -0.15) is 0 Å². The van der Waals surface area contributed by atoms with Gasteiger partial charge in [0.05, 0.1) is 5.92 Å². The molecule has 0 spiro atoms. The number of halogens is 1. The smallest absolute Gasteiger partial charge is 0.308 e. The molecule has 108 valence electrons. The van der Waals surface area contributed by atoms with E-state index < -0.39 is 11.9 Å². The molecule has 1 atom stereocenters. The summed E-state index contributed by atoms with van der Waals surface area (Å²) >= 11 is 5.94. The Hall–Kier alpha value is -1.62. The molecule has 1 aliphatic heterocycles. The monoisotopic (exact) mass is 296 g/mol. The number of likely N-dealkylation sites (tertiary alicyclic amines) is 1. The van der Waals surface area contributed by atoms with E-state index in [4.69, 9.17) is 16.7 Å². The van der Waals surface area contributed by atoms with Crippen LogP contribution in [-0.4, -0.2) is 40.0 Å². The summed E-state index contributed by atoms with van der Waals surface area (Å²) in [4.78, 5) is 29.0. The van der Waals surface area contributed by atoms with Gasteiger partial charge in [0.2, 0.25) is 0 Å². The van der Waals surface area contributed by atoms with Gasteiger partial charge in [0, 0.05) is 24.3 Å². The van der Waals surface area contributed by atoms with Crippen LogP contribution in [0.2, 0.25) is 5.15 Å². The second-order valence-corrected chi connectivity index (χ2v) is 5.38. The maximum absolute atomic E-state index is 12.4. The molecule has 1 N–H and O–H groups in total. The lowest BCUT2D eigenvalue weighted by Gasteiger charge is -2.16. The zero-order valence-corrected chi connectivity index (χ0v) is 12.1. The third kappa shape index (κ3) is 3.28. The number of amides is 1. The van der Waals surface area contributed by atoms with Crippen LogP contribution in [0.1, 0.15) is 35.8 Å². The van der Waals surface area contributed by atoms with Crippen LogP contribution in [0.25, 0.3) is 0 Å². The van der Waals surface area contributed by atoms with Crippen molar-refractivity contribution in [3.8, 4) is 0 Å². The number of pyridine rings is 1. The molecular weight excluding hydrogens is 280 g/mol. The quantitative estimate of drug-likeness (QED) is 0.865. The second-order valence-electron chi connectivity index (χ2n) is 4.99. The Morgan fingerprint density at radius 3 is 2.85 bits per heavy atom. The Kier molecular flexibility index (Phi) is 4.60. The Labute approximate surface area is 122 Å². The molecule has 2 heterocycles. The van der Waals surface area contributed by atoms with Crippen LogP contribution in [-0.2, 0) is 11.2 Å². The fourth-order valence-corrected chi connectivity index (χ4v) is 2.61. The SMILES string of the molecule is CCCc1cc(C(=O)N2CCC(C(=O)O)C2)cc(Cl)n1. The van der Waals surface area contributed by atoms with Crippen molar-refractivity contribution < 1.29 is 14.7 Å². The van der Waals surface area contributed by atoms with Gasteiger partial charge < -0.3 is 10.0 Å². The van der Waals surface area contributed by atoms with Gasteiger partial charge in [0.1, 0.15) is 5.15 Å². The lowest BCUT2D eigenvalue weighted by atomic mass is 10.1. The lowest BCUT2D eigenvalue weighted by molar-refractivity contribution is -0.141. The van der Waals surface area contributed by atoms with E-state index in [0.717, 1.165) is 18.5 Å². The van der Waals surface area contributed by atoms with Crippen molar-refractivity contribution in [3.63, 3.8) is 0 Å². The van der Waals surface area contributed by atoms with Crippen LogP contribution in [0.5, 0.6) is 0 Å². The third-order valence-electron chi connectivity index (χ3n) is 3.42. The molecular formula is C14H17ClN2O3. The highest BCUT2D eigenvalue weighted by atomic mass is 35.5. The van der Waals surface area contributed by atoms with Crippen molar-refractivity contribution in [2.75, 3.05) is 13.1 Å². The predicted molar refractivity (Wildman–Crippen MR) is 74.9 cm³/mol. The molecule has 0 saturated carbocycles. The number of rotatable bonds is 4. The Balaban J connectivity index is 2.15. The number of carbonyl (C=O) groups is 2. The molecule has 1 saturated heterocycles. The Morgan fingerprint density at radius 1 is 1.50 bits per heavy atom. The van der Waals surface area contributed by atoms with Crippen molar-refractivity contribution >= 4 is 23.5 Å². The third-order valence-corrected chi connectivity index (χ3v) is 3.62. The van der Waals surface area contributed by atoms with E-state index in [-0.39, 0.29) is 12.5 Å². The Bertz CT molecular complexity index is 533. The molecule has 0 radical (unpaired) electrons. The summed E-state index contributed by atoms with van der Waals surface area (Å²) in [5, 5.41) is 9.27. The van der Waals surface area contributed by atoms with Gasteiger partial charge in [-0.25, -0.2) is 4.98 Å². The maximum atomic E-state index is 12.4. The van der Waals surface area contributed by atoms with Gasteiger partial charge in [-0.3, -0.25) is 9.59 Å². The van der Waals surface area contributed by atoms with E-state index in [1.165, 1.54) is 6.07 Å². The molecule has 0 aliphatic carbocycles. The van der Waals surface area contributed by atoms with Crippen LogP contribution < -0.4 is 0 Å². The molecule has 2 rings (SSSR count). The molecule has 1 aromatic heterocycles. The molecule has 1 unspecified atom stereocenters. The average molecular weight is 297 g/mol.